The molecule has 0 aromatic heterocycles. The van der Waals surface area contributed by atoms with Crippen molar-refractivity contribution in [3.8, 4) is 22.2 Å². The van der Waals surface area contributed by atoms with Crippen LogP contribution in [0.15, 0.2) is 48.5 Å². The van der Waals surface area contributed by atoms with Crippen LogP contribution in [-0.2, 0) is 0 Å². The monoisotopic (exact) mass is 580 g/mol. The van der Waals surface area contributed by atoms with Crippen LogP contribution in [0.4, 0.5) is 0 Å². The number of carbonyl (C=O) groups excluding carboxylic acids is 4. The van der Waals surface area contributed by atoms with E-state index in [0.29, 0.717) is 41.8 Å². The molecule has 2 heterocycles. The molecule has 2 aromatic carbocycles. The fraction of sp³-hybridized carbons (Fsp3) is 0.286. The van der Waals surface area contributed by atoms with Crippen molar-refractivity contribution in [3.05, 3.63) is 70.8 Å². The first-order valence-corrected chi connectivity index (χ1v) is 12.5. The van der Waals surface area contributed by atoms with Gasteiger partial charge in [0, 0.05) is 48.5 Å². The highest BCUT2D eigenvalue weighted by Crippen LogP contribution is 2.23. The normalized spacial score (nSPS) is 13.5. The van der Waals surface area contributed by atoms with Crippen LogP contribution in [0.3, 0.4) is 0 Å². The number of hydrogen-bond acceptors (Lipinski definition) is 4. The molecule has 2 aliphatic heterocycles. The SMILES string of the molecule is C#CCCCCN1C(=O)c2ccccc2C1=O.O=C1c2ccccc2C(=O)N1CCCCC#CI. The zero-order chi connectivity index (χ0) is 25.2. The highest BCUT2D eigenvalue weighted by Gasteiger charge is 2.35. The zero-order valence-electron chi connectivity index (χ0n) is 19.3. The first-order chi connectivity index (χ1) is 17.0. The Kier molecular flexibility index (Phi) is 9.63. The highest BCUT2D eigenvalue weighted by molar-refractivity contribution is 14.1. The van der Waals surface area contributed by atoms with Crippen LogP contribution in [0.25, 0.3) is 0 Å². The van der Waals surface area contributed by atoms with Gasteiger partial charge in [-0.05, 0) is 53.9 Å². The Labute approximate surface area is 219 Å². The van der Waals surface area contributed by atoms with Crippen LogP contribution in [-0.4, -0.2) is 46.5 Å². The second-order valence-electron chi connectivity index (χ2n) is 8.00. The number of halogens is 1. The maximum atomic E-state index is 12.0. The van der Waals surface area contributed by atoms with E-state index in [4.69, 9.17) is 6.42 Å². The van der Waals surface area contributed by atoms with Crippen molar-refractivity contribution in [2.24, 2.45) is 0 Å². The fourth-order valence-corrected chi connectivity index (χ4v) is 4.18. The third-order valence-electron chi connectivity index (χ3n) is 5.71. The molecular formula is C28H25IN2O4. The molecule has 4 rings (SSSR count). The van der Waals surface area contributed by atoms with Crippen molar-refractivity contribution >= 4 is 46.2 Å². The molecule has 0 bridgehead atoms. The predicted molar refractivity (Wildman–Crippen MR) is 142 cm³/mol. The van der Waals surface area contributed by atoms with Gasteiger partial charge in [-0.15, -0.1) is 12.3 Å². The number of terminal acetylenes is 1. The third kappa shape index (κ3) is 6.17. The molecule has 0 spiro atoms. The summed E-state index contributed by atoms with van der Waals surface area (Å²) in [6, 6.07) is 13.9. The van der Waals surface area contributed by atoms with Gasteiger partial charge in [-0.25, -0.2) is 0 Å². The van der Waals surface area contributed by atoms with Gasteiger partial charge in [0.1, 0.15) is 0 Å². The van der Waals surface area contributed by atoms with Gasteiger partial charge in [-0.3, -0.25) is 29.0 Å². The zero-order valence-corrected chi connectivity index (χ0v) is 21.4. The van der Waals surface area contributed by atoms with Gasteiger partial charge >= 0.3 is 0 Å². The van der Waals surface area contributed by atoms with Gasteiger partial charge in [-0.1, -0.05) is 30.2 Å². The summed E-state index contributed by atoms with van der Waals surface area (Å²) in [5.74, 6) is 4.79. The fourth-order valence-electron chi connectivity index (χ4n) is 3.91. The van der Waals surface area contributed by atoms with E-state index >= 15 is 0 Å². The molecule has 0 N–H and O–H groups in total. The molecule has 0 radical (unpaired) electrons. The van der Waals surface area contributed by atoms with E-state index in [9.17, 15) is 19.2 Å². The van der Waals surface area contributed by atoms with E-state index in [0.717, 1.165) is 32.1 Å². The average Bonchev–Trinajstić information content (AvgIpc) is 3.27. The first-order valence-electron chi connectivity index (χ1n) is 11.4. The lowest BCUT2D eigenvalue weighted by molar-refractivity contribution is 0.0636. The largest absolute Gasteiger partial charge is 0.274 e. The summed E-state index contributed by atoms with van der Waals surface area (Å²) < 4.78 is 2.80. The third-order valence-corrected chi connectivity index (χ3v) is 6.09. The number of fused-ring (bicyclic) bond motifs is 2. The molecule has 6 nitrogen and oxygen atoms in total. The van der Waals surface area contributed by atoms with E-state index in [1.165, 1.54) is 9.80 Å². The molecule has 0 saturated heterocycles. The van der Waals surface area contributed by atoms with Crippen LogP contribution in [0.5, 0.6) is 0 Å². The Bertz CT molecular complexity index is 1170. The Balaban J connectivity index is 0.000000196. The number of benzene rings is 2. The quantitative estimate of drug-likeness (QED) is 0.192. The minimum Gasteiger partial charge on any atom is -0.274 e. The van der Waals surface area contributed by atoms with Gasteiger partial charge in [0.2, 0.25) is 0 Å². The second kappa shape index (κ2) is 12.9. The van der Waals surface area contributed by atoms with Crippen molar-refractivity contribution in [1.82, 2.24) is 9.80 Å². The van der Waals surface area contributed by atoms with E-state index in [-0.39, 0.29) is 23.6 Å². The maximum Gasteiger partial charge on any atom is 0.261 e. The molecule has 0 fully saturated rings. The standard InChI is InChI=1S/C14H12INO2.C14H13NO2/c15-9-5-1-2-6-10-16-13(17)11-7-3-4-8-12(11)14(16)18;1-2-3-4-7-10-15-13(16)11-8-5-6-9-12(11)14(15)17/h3-4,7-8H,1-2,6,10H2;1,5-6,8-9H,3-4,7,10H2. The molecule has 0 saturated carbocycles. The number of carbonyl (C=O) groups is 4. The van der Waals surface area contributed by atoms with Crippen LogP contribution >= 0.6 is 22.6 Å². The first kappa shape index (κ1) is 26.2. The van der Waals surface area contributed by atoms with Crippen molar-refractivity contribution in [2.45, 2.75) is 38.5 Å². The topological polar surface area (TPSA) is 74.8 Å². The molecule has 0 aliphatic carbocycles. The van der Waals surface area contributed by atoms with Gasteiger partial charge in [0.15, 0.2) is 0 Å². The summed E-state index contributed by atoms with van der Waals surface area (Å²) >= 11 is 2.00. The smallest absolute Gasteiger partial charge is 0.261 e. The molecular weight excluding hydrogens is 555 g/mol. The van der Waals surface area contributed by atoms with E-state index < -0.39 is 0 Å². The van der Waals surface area contributed by atoms with Crippen molar-refractivity contribution in [1.29, 1.82) is 0 Å². The summed E-state index contributed by atoms with van der Waals surface area (Å²) in [6.45, 7) is 0.934. The summed E-state index contributed by atoms with van der Waals surface area (Å²) in [5, 5.41) is 0. The van der Waals surface area contributed by atoms with Crippen molar-refractivity contribution in [3.63, 3.8) is 0 Å². The van der Waals surface area contributed by atoms with Crippen LogP contribution in [0.1, 0.15) is 80.0 Å². The Morgan fingerprint density at radius 2 is 1.00 bits per heavy atom. The minimum atomic E-state index is -0.189. The van der Waals surface area contributed by atoms with E-state index in [1.807, 2.05) is 22.6 Å². The maximum absolute atomic E-state index is 12.0. The van der Waals surface area contributed by atoms with Gasteiger partial charge in [0.25, 0.3) is 23.6 Å². The van der Waals surface area contributed by atoms with Gasteiger partial charge in [0.05, 0.1) is 22.3 Å². The predicted octanol–water partition coefficient (Wildman–Crippen LogP) is 4.93. The minimum absolute atomic E-state index is 0.171. The van der Waals surface area contributed by atoms with Gasteiger partial charge in [-0.2, -0.15) is 0 Å². The molecule has 0 atom stereocenters. The van der Waals surface area contributed by atoms with E-state index in [1.54, 1.807) is 48.5 Å². The molecule has 178 valence electrons. The number of imide groups is 2. The summed E-state index contributed by atoms with van der Waals surface area (Å²) in [6.07, 6.45) is 9.95. The van der Waals surface area contributed by atoms with E-state index in [2.05, 4.69) is 15.8 Å². The van der Waals surface area contributed by atoms with Crippen LogP contribution in [0, 0.1) is 22.2 Å². The number of amides is 4. The van der Waals surface area contributed by atoms with Crippen LogP contribution < -0.4 is 0 Å². The van der Waals surface area contributed by atoms with Crippen molar-refractivity contribution in [2.75, 3.05) is 13.1 Å². The summed E-state index contributed by atoms with van der Waals surface area (Å²) in [7, 11) is 0. The number of rotatable bonds is 8. The van der Waals surface area contributed by atoms with Gasteiger partial charge < -0.3 is 0 Å². The highest BCUT2D eigenvalue weighted by atomic mass is 127. The second-order valence-corrected chi connectivity index (χ2v) is 8.54. The number of hydrogen-bond donors (Lipinski definition) is 0. The summed E-state index contributed by atoms with van der Waals surface area (Å²) in [4.78, 5) is 50.5. The lowest BCUT2D eigenvalue weighted by Crippen LogP contribution is -2.30. The molecule has 0 unspecified atom stereocenters. The number of nitrogens with zero attached hydrogens (tertiary/aromatic N) is 2. The molecule has 35 heavy (non-hydrogen) atoms. The Hall–Kier alpha value is -3.43. The lowest BCUT2D eigenvalue weighted by atomic mass is 10.1. The molecule has 7 heteroatoms. The van der Waals surface area contributed by atoms with Crippen LogP contribution in [0.2, 0.25) is 0 Å². The average molecular weight is 580 g/mol. The Morgan fingerprint density at radius 3 is 1.34 bits per heavy atom. The molecule has 4 amide bonds. The lowest BCUT2D eigenvalue weighted by Gasteiger charge is -2.12. The molecule has 2 aromatic rings. The Morgan fingerprint density at radius 1 is 0.629 bits per heavy atom. The molecule has 2 aliphatic rings. The number of unbranched alkanes of at least 4 members (excludes halogenated alkanes) is 4. The summed E-state index contributed by atoms with van der Waals surface area (Å²) in [5.41, 5.74) is 2.06. The van der Waals surface area contributed by atoms with Crippen molar-refractivity contribution < 1.29 is 19.2 Å².